The largest absolute Gasteiger partial charge is 0.379 e. The standard InChI is InChI=1S/C25H31N5O2/c1-16-5-4-6-19(13-16)22(30-9-11-32-12-10-30)15-26-25(31)20-14-21(18-7-8-18)27-24-23(20)17(2)28-29(24)3/h4-6,13-14,18,22H,7-12,15H2,1-3H3,(H,26,31). The van der Waals surface area contributed by atoms with Crippen LogP contribution in [-0.4, -0.2) is 58.4 Å². The third-order valence-electron chi connectivity index (χ3n) is 6.60. The van der Waals surface area contributed by atoms with E-state index in [0.29, 0.717) is 18.0 Å². The van der Waals surface area contributed by atoms with Crippen LogP contribution in [0.4, 0.5) is 0 Å². The van der Waals surface area contributed by atoms with Gasteiger partial charge < -0.3 is 10.1 Å². The van der Waals surface area contributed by atoms with Gasteiger partial charge in [0.15, 0.2) is 5.65 Å². The monoisotopic (exact) mass is 433 g/mol. The lowest BCUT2D eigenvalue weighted by Crippen LogP contribution is -2.43. The highest BCUT2D eigenvalue weighted by molar-refractivity contribution is 6.06. The van der Waals surface area contributed by atoms with Crippen molar-refractivity contribution in [2.24, 2.45) is 7.05 Å². The molecule has 2 aliphatic rings. The molecule has 1 N–H and O–H groups in total. The van der Waals surface area contributed by atoms with Crippen LogP contribution >= 0.6 is 0 Å². The van der Waals surface area contributed by atoms with Crippen molar-refractivity contribution in [3.63, 3.8) is 0 Å². The number of amides is 1. The Morgan fingerprint density at radius 1 is 1.22 bits per heavy atom. The number of morpholine rings is 1. The average molecular weight is 434 g/mol. The lowest BCUT2D eigenvalue weighted by molar-refractivity contribution is 0.0162. The van der Waals surface area contributed by atoms with Gasteiger partial charge in [-0.1, -0.05) is 29.8 Å². The summed E-state index contributed by atoms with van der Waals surface area (Å²) in [6, 6.07) is 10.7. The Labute approximate surface area is 188 Å². The van der Waals surface area contributed by atoms with Crippen LogP contribution in [0.1, 0.15) is 57.7 Å². The Balaban J connectivity index is 1.44. The van der Waals surface area contributed by atoms with Gasteiger partial charge in [0.2, 0.25) is 0 Å². The van der Waals surface area contributed by atoms with E-state index in [1.54, 1.807) is 4.68 Å². The third-order valence-corrected chi connectivity index (χ3v) is 6.60. The van der Waals surface area contributed by atoms with Crippen molar-refractivity contribution < 1.29 is 9.53 Å². The van der Waals surface area contributed by atoms with Gasteiger partial charge in [0, 0.05) is 38.3 Å². The summed E-state index contributed by atoms with van der Waals surface area (Å²) in [7, 11) is 1.90. The summed E-state index contributed by atoms with van der Waals surface area (Å²) in [5.74, 6) is 0.413. The molecule has 0 spiro atoms. The third kappa shape index (κ3) is 4.14. The van der Waals surface area contributed by atoms with Gasteiger partial charge in [-0.2, -0.15) is 5.10 Å². The number of carbonyl (C=O) groups is 1. The molecule has 7 heteroatoms. The molecular weight excluding hydrogens is 402 g/mol. The highest BCUT2D eigenvalue weighted by Gasteiger charge is 2.29. The molecule has 1 atom stereocenters. The zero-order valence-electron chi connectivity index (χ0n) is 19.1. The number of nitrogens with zero attached hydrogens (tertiary/aromatic N) is 4. The molecule has 1 aliphatic heterocycles. The smallest absolute Gasteiger partial charge is 0.252 e. The maximum atomic E-state index is 13.5. The SMILES string of the molecule is Cc1cccc(C(CNC(=O)c2cc(C3CC3)nc3c2c(C)nn3C)N2CCOCC2)c1. The zero-order chi connectivity index (χ0) is 22.2. The first kappa shape index (κ1) is 21.1. The van der Waals surface area contributed by atoms with Gasteiger partial charge in [-0.05, 0) is 38.3 Å². The second-order valence-electron chi connectivity index (χ2n) is 9.06. The number of hydrogen-bond acceptors (Lipinski definition) is 5. The van der Waals surface area contributed by atoms with E-state index < -0.39 is 0 Å². The number of nitrogens with one attached hydrogen (secondary N) is 1. The fourth-order valence-corrected chi connectivity index (χ4v) is 4.74. The number of fused-ring (bicyclic) bond motifs is 1. The van der Waals surface area contributed by atoms with Crippen LogP contribution in [0, 0.1) is 13.8 Å². The van der Waals surface area contributed by atoms with Crippen molar-refractivity contribution in [1.29, 1.82) is 0 Å². The Hall–Kier alpha value is -2.77. The topological polar surface area (TPSA) is 72.3 Å². The normalized spacial score (nSPS) is 18.1. The molecule has 2 aromatic heterocycles. The van der Waals surface area contributed by atoms with Crippen LogP contribution in [0.3, 0.4) is 0 Å². The predicted octanol–water partition coefficient (Wildman–Crippen LogP) is 3.27. The number of rotatable bonds is 6. The Kier molecular flexibility index (Phi) is 5.69. The van der Waals surface area contributed by atoms with Crippen molar-refractivity contribution >= 4 is 16.9 Å². The summed E-state index contributed by atoms with van der Waals surface area (Å²) < 4.78 is 7.35. The molecule has 168 valence electrons. The predicted molar refractivity (Wildman–Crippen MR) is 124 cm³/mol. The van der Waals surface area contributed by atoms with E-state index in [4.69, 9.17) is 9.72 Å². The lowest BCUT2D eigenvalue weighted by Gasteiger charge is -2.35. The van der Waals surface area contributed by atoms with Crippen LogP contribution in [0.15, 0.2) is 30.3 Å². The summed E-state index contributed by atoms with van der Waals surface area (Å²) in [5, 5.41) is 8.63. The average Bonchev–Trinajstić information content (AvgIpc) is 3.60. The number of pyridine rings is 1. The van der Waals surface area contributed by atoms with Gasteiger partial charge in [-0.25, -0.2) is 4.98 Å². The van der Waals surface area contributed by atoms with Crippen molar-refractivity contribution in [3.05, 3.63) is 58.4 Å². The van der Waals surface area contributed by atoms with E-state index in [2.05, 4.69) is 46.5 Å². The van der Waals surface area contributed by atoms with Gasteiger partial charge >= 0.3 is 0 Å². The fourth-order valence-electron chi connectivity index (χ4n) is 4.74. The molecule has 0 radical (unpaired) electrons. The molecule has 1 saturated carbocycles. The molecule has 7 nitrogen and oxygen atoms in total. The Bertz CT molecular complexity index is 1140. The molecular formula is C25H31N5O2. The van der Waals surface area contributed by atoms with E-state index in [-0.39, 0.29) is 11.9 Å². The van der Waals surface area contributed by atoms with Gasteiger partial charge in [-0.3, -0.25) is 14.4 Å². The Morgan fingerprint density at radius 2 is 2.00 bits per heavy atom. The first-order valence-electron chi connectivity index (χ1n) is 11.5. The summed E-state index contributed by atoms with van der Waals surface area (Å²) in [4.78, 5) is 20.7. The molecule has 5 rings (SSSR count). The molecule has 0 bridgehead atoms. The number of ether oxygens (including phenoxy) is 1. The second kappa shape index (κ2) is 8.64. The highest BCUT2D eigenvalue weighted by Crippen LogP contribution is 2.40. The zero-order valence-corrected chi connectivity index (χ0v) is 19.1. The lowest BCUT2D eigenvalue weighted by atomic mass is 10.0. The quantitative estimate of drug-likeness (QED) is 0.646. The van der Waals surface area contributed by atoms with Crippen LogP contribution in [0.5, 0.6) is 0 Å². The maximum absolute atomic E-state index is 13.5. The molecule has 1 amide bonds. The van der Waals surface area contributed by atoms with E-state index in [9.17, 15) is 4.79 Å². The van der Waals surface area contributed by atoms with Crippen LogP contribution < -0.4 is 5.32 Å². The van der Waals surface area contributed by atoms with Gasteiger partial charge in [-0.15, -0.1) is 0 Å². The van der Waals surface area contributed by atoms with E-state index in [1.807, 2.05) is 20.0 Å². The minimum atomic E-state index is -0.0543. The summed E-state index contributed by atoms with van der Waals surface area (Å²) in [5.41, 5.74) is 5.78. The number of aromatic nitrogens is 3. The van der Waals surface area contributed by atoms with Crippen LogP contribution in [0.2, 0.25) is 0 Å². The molecule has 3 heterocycles. The van der Waals surface area contributed by atoms with Crippen molar-refractivity contribution in [3.8, 4) is 0 Å². The van der Waals surface area contributed by atoms with Crippen LogP contribution in [0.25, 0.3) is 11.0 Å². The van der Waals surface area contributed by atoms with E-state index in [0.717, 1.165) is 61.6 Å². The summed E-state index contributed by atoms with van der Waals surface area (Å²) in [6.45, 7) is 7.77. The molecule has 1 unspecified atom stereocenters. The Morgan fingerprint density at radius 3 is 2.72 bits per heavy atom. The molecule has 1 aliphatic carbocycles. The van der Waals surface area contributed by atoms with E-state index >= 15 is 0 Å². The van der Waals surface area contributed by atoms with Crippen molar-refractivity contribution in [2.45, 2.75) is 38.6 Å². The molecule has 1 saturated heterocycles. The first-order valence-corrected chi connectivity index (χ1v) is 11.5. The minimum absolute atomic E-state index is 0.0543. The van der Waals surface area contributed by atoms with Gasteiger partial charge in [0.25, 0.3) is 5.91 Å². The number of aryl methyl sites for hydroxylation is 3. The first-order chi connectivity index (χ1) is 15.5. The maximum Gasteiger partial charge on any atom is 0.252 e. The molecule has 2 fully saturated rings. The molecule has 1 aromatic carbocycles. The summed E-state index contributed by atoms with van der Waals surface area (Å²) >= 11 is 0. The number of benzene rings is 1. The molecule has 3 aromatic rings. The van der Waals surface area contributed by atoms with Gasteiger partial charge in [0.05, 0.1) is 35.9 Å². The fraction of sp³-hybridized carbons (Fsp3) is 0.480. The van der Waals surface area contributed by atoms with Gasteiger partial charge in [0.1, 0.15) is 0 Å². The summed E-state index contributed by atoms with van der Waals surface area (Å²) in [6.07, 6.45) is 2.28. The van der Waals surface area contributed by atoms with Crippen molar-refractivity contribution in [2.75, 3.05) is 32.8 Å². The highest BCUT2D eigenvalue weighted by atomic mass is 16.5. The van der Waals surface area contributed by atoms with Crippen LogP contribution in [-0.2, 0) is 11.8 Å². The number of carbonyl (C=O) groups excluding carboxylic acids is 1. The minimum Gasteiger partial charge on any atom is -0.379 e. The second-order valence-corrected chi connectivity index (χ2v) is 9.06. The van der Waals surface area contributed by atoms with Crippen molar-refractivity contribution in [1.82, 2.24) is 25.0 Å². The molecule has 32 heavy (non-hydrogen) atoms. The van der Waals surface area contributed by atoms with E-state index in [1.165, 1.54) is 11.1 Å². The number of hydrogen-bond donors (Lipinski definition) is 1.